The predicted molar refractivity (Wildman–Crippen MR) is 89.0 cm³/mol. The van der Waals surface area contributed by atoms with Gasteiger partial charge in [-0.3, -0.25) is 9.48 Å². The van der Waals surface area contributed by atoms with Crippen molar-refractivity contribution in [1.82, 2.24) is 20.0 Å². The van der Waals surface area contributed by atoms with Crippen LogP contribution in [0.3, 0.4) is 0 Å². The molecule has 1 saturated heterocycles. The molecule has 5 nitrogen and oxygen atoms in total. The Morgan fingerprint density at radius 1 is 1.32 bits per heavy atom. The Labute approximate surface area is 134 Å². The maximum atomic E-state index is 12.2. The average Bonchev–Trinajstić information content (AvgIpc) is 2.96. The fourth-order valence-electron chi connectivity index (χ4n) is 2.82. The normalized spacial score (nSPS) is 18.2. The van der Waals surface area contributed by atoms with E-state index < -0.39 is 0 Å². The molecule has 1 amide bonds. The van der Waals surface area contributed by atoms with Gasteiger partial charge in [0, 0.05) is 19.3 Å². The molecule has 1 aliphatic rings. The van der Waals surface area contributed by atoms with Crippen molar-refractivity contribution >= 4 is 5.91 Å². The molecule has 0 radical (unpaired) electrons. The predicted octanol–water partition coefficient (Wildman–Crippen LogP) is 2.49. The monoisotopic (exact) mass is 306 g/mol. The SMILES string of the molecule is CC(CNC(=O)c1cnn(C(C)(C)C)c1)CN1CCCCC1. The summed E-state index contributed by atoms with van der Waals surface area (Å²) < 4.78 is 1.83. The minimum absolute atomic E-state index is 0.0269. The molecular formula is C17H30N4O. The van der Waals surface area contributed by atoms with E-state index in [1.54, 1.807) is 6.20 Å². The molecule has 0 aromatic carbocycles. The molecule has 1 aliphatic heterocycles. The zero-order valence-corrected chi connectivity index (χ0v) is 14.4. The van der Waals surface area contributed by atoms with Crippen LogP contribution in [0.4, 0.5) is 0 Å². The number of likely N-dealkylation sites (tertiary alicyclic amines) is 1. The summed E-state index contributed by atoms with van der Waals surface area (Å²) in [6, 6.07) is 0. The van der Waals surface area contributed by atoms with Crippen LogP contribution in [0.15, 0.2) is 12.4 Å². The lowest BCUT2D eigenvalue weighted by Gasteiger charge is -2.29. The second kappa shape index (κ2) is 7.27. The summed E-state index contributed by atoms with van der Waals surface area (Å²) in [6.45, 7) is 12.6. The summed E-state index contributed by atoms with van der Waals surface area (Å²) in [5.41, 5.74) is 0.542. The van der Waals surface area contributed by atoms with Crippen LogP contribution in [0.1, 0.15) is 57.3 Å². The Kier molecular flexibility index (Phi) is 5.62. The van der Waals surface area contributed by atoms with Crippen molar-refractivity contribution in [3.8, 4) is 0 Å². The summed E-state index contributed by atoms with van der Waals surface area (Å²) in [6.07, 6.45) is 7.45. The van der Waals surface area contributed by atoms with Crippen LogP contribution in [0.5, 0.6) is 0 Å². The topological polar surface area (TPSA) is 50.2 Å². The number of carbonyl (C=O) groups excluding carboxylic acids is 1. The van der Waals surface area contributed by atoms with Crippen molar-refractivity contribution in [2.45, 2.75) is 52.5 Å². The van der Waals surface area contributed by atoms with Crippen LogP contribution in [-0.4, -0.2) is 46.8 Å². The van der Waals surface area contributed by atoms with Gasteiger partial charge in [-0.2, -0.15) is 5.10 Å². The van der Waals surface area contributed by atoms with Crippen LogP contribution in [-0.2, 0) is 5.54 Å². The molecule has 0 spiro atoms. The Morgan fingerprint density at radius 2 is 2.00 bits per heavy atom. The number of hydrogen-bond acceptors (Lipinski definition) is 3. The van der Waals surface area contributed by atoms with Crippen LogP contribution < -0.4 is 5.32 Å². The molecule has 1 aromatic heterocycles. The summed E-state index contributed by atoms with van der Waals surface area (Å²) in [4.78, 5) is 14.7. The van der Waals surface area contributed by atoms with Crippen LogP contribution >= 0.6 is 0 Å². The fraction of sp³-hybridized carbons (Fsp3) is 0.765. The van der Waals surface area contributed by atoms with Gasteiger partial charge in [0.25, 0.3) is 5.91 Å². The number of piperidine rings is 1. The molecule has 2 rings (SSSR count). The molecule has 22 heavy (non-hydrogen) atoms. The van der Waals surface area contributed by atoms with E-state index in [9.17, 15) is 4.79 Å². The number of hydrogen-bond donors (Lipinski definition) is 1. The first-order valence-electron chi connectivity index (χ1n) is 8.42. The number of aromatic nitrogens is 2. The van der Waals surface area contributed by atoms with E-state index in [-0.39, 0.29) is 11.4 Å². The number of carbonyl (C=O) groups is 1. The second-order valence-electron chi connectivity index (χ2n) is 7.52. The van der Waals surface area contributed by atoms with E-state index in [4.69, 9.17) is 0 Å². The van der Waals surface area contributed by atoms with Gasteiger partial charge in [0.2, 0.25) is 0 Å². The molecule has 1 atom stereocenters. The molecule has 5 heteroatoms. The van der Waals surface area contributed by atoms with Crippen molar-refractivity contribution < 1.29 is 4.79 Å². The van der Waals surface area contributed by atoms with E-state index >= 15 is 0 Å². The van der Waals surface area contributed by atoms with Crippen molar-refractivity contribution in [2.24, 2.45) is 5.92 Å². The van der Waals surface area contributed by atoms with Gasteiger partial charge in [-0.05, 0) is 52.6 Å². The fourth-order valence-corrected chi connectivity index (χ4v) is 2.82. The van der Waals surface area contributed by atoms with Crippen LogP contribution in [0, 0.1) is 5.92 Å². The lowest BCUT2D eigenvalue weighted by atomic mass is 10.1. The van der Waals surface area contributed by atoms with E-state index in [0.717, 1.165) is 13.1 Å². The van der Waals surface area contributed by atoms with Crippen LogP contribution in [0.25, 0.3) is 0 Å². The minimum Gasteiger partial charge on any atom is -0.352 e. The third-order valence-electron chi connectivity index (χ3n) is 4.16. The van der Waals surface area contributed by atoms with E-state index in [1.165, 1.54) is 32.4 Å². The Balaban J connectivity index is 1.78. The van der Waals surface area contributed by atoms with Gasteiger partial charge in [0.05, 0.1) is 17.3 Å². The lowest BCUT2D eigenvalue weighted by molar-refractivity contribution is 0.0942. The number of rotatable bonds is 5. The number of nitrogens with zero attached hydrogens (tertiary/aromatic N) is 3. The Morgan fingerprint density at radius 3 is 2.59 bits per heavy atom. The van der Waals surface area contributed by atoms with Crippen LogP contribution in [0.2, 0.25) is 0 Å². The average molecular weight is 306 g/mol. The smallest absolute Gasteiger partial charge is 0.254 e. The molecule has 1 fully saturated rings. The zero-order valence-electron chi connectivity index (χ0n) is 14.4. The third kappa shape index (κ3) is 4.83. The van der Waals surface area contributed by atoms with Gasteiger partial charge >= 0.3 is 0 Å². The first kappa shape index (κ1) is 17.0. The van der Waals surface area contributed by atoms with Crippen molar-refractivity contribution in [3.05, 3.63) is 18.0 Å². The van der Waals surface area contributed by atoms with Gasteiger partial charge in [-0.15, -0.1) is 0 Å². The summed E-state index contributed by atoms with van der Waals surface area (Å²) >= 11 is 0. The molecule has 0 aliphatic carbocycles. The third-order valence-corrected chi connectivity index (χ3v) is 4.16. The molecule has 124 valence electrons. The van der Waals surface area contributed by atoms with Crippen molar-refractivity contribution in [3.63, 3.8) is 0 Å². The second-order valence-corrected chi connectivity index (χ2v) is 7.52. The molecule has 1 unspecified atom stereocenters. The minimum atomic E-state index is -0.0971. The van der Waals surface area contributed by atoms with Gasteiger partial charge < -0.3 is 10.2 Å². The highest BCUT2D eigenvalue weighted by atomic mass is 16.1. The van der Waals surface area contributed by atoms with Gasteiger partial charge in [-0.1, -0.05) is 13.3 Å². The summed E-state index contributed by atoms with van der Waals surface area (Å²) in [5, 5.41) is 7.31. The number of amides is 1. The molecule has 1 N–H and O–H groups in total. The first-order chi connectivity index (χ1) is 10.4. The zero-order chi connectivity index (χ0) is 16.2. The maximum Gasteiger partial charge on any atom is 0.254 e. The van der Waals surface area contributed by atoms with Gasteiger partial charge in [-0.25, -0.2) is 0 Å². The summed E-state index contributed by atoms with van der Waals surface area (Å²) in [5.74, 6) is 0.445. The van der Waals surface area contributed by atoms with E-state index in [2.05, 4.69) is 43.0 Å². The highest BCUT2D eigenvalue weighted by Gasteiger charge is 2.18. The maximum absolute atomic E-state index is 12.2. The van der Waals surface area contributed by atoms with E-state index in [0.29, 0.717) is 11.5 Å². The Bertz CT molecular complexity index is 483. The van der Waals surface area contributed by atoms with Gasteiger partial charge in [0.15, 0.2) is 0 Å². The summed E-state index contributed by atoms with van der Waals surface area (Å²) in [7, 11) is 0. The van der Waals surface area contributed by atoms with E-state index in [1.807, 2.05) is 10.9 Å². The lowest BCUT2D eigenvalue weighted by Crippen LogP contribution is -2.38. The highest BCUT2D eigenvalue weighted by molar-refractivity contribution is 5.93. The highest BCUT2D eigenvalue weighted by Crippen LogP contribution is 2.13. The molecule has 2 heterocycles. The van der Waals surface area contributed by atoms with Gasteiger partial charge in [0.1, 0.15) is 0 Å². The first-order valence-corrected chi connectivity index (χ1v) is 8.42. The largest absolute Gasteiger partial charge is 0.352 e. The standard InChI is InChI=1S/C17H30N4O/c1-14(12-20-8-6-5-7-9-20)10-18-16(22)15-11-19-21(13-15)17(2,3)4/h11,13-14H,5-10,12H2,1-4H3,(H,18,22). The molecular weight excluding hydrogens is 276 g/mol. The molecule has 0 saturated carbocycles. The molecule has 0 bridgehead atoms. The molecule has 1 aromatic rings. The Hall–Kier alpha value is -1.36. The quantitative estimate of drug-likeness (QED) is 0.909. The van der Waals surface area contributed by atoms with Crippen molar-refractivity contribution in [1.29, 1.82) is 0 Å². The van der Waals surface area contributed by atoms with Crippen molar-refractivity contribution in [2.75, 3.05) is 26.2 Å². The number of nitrogens with one attached hydrogen (secondary N) is 1.